The van der Waals surface area contributed by atoms with E-state index in [-0.39, 0.29) is 6.17 Å². The van der Waals surface area contributed by atoms with Crippen molar-refractivity contribution in [3.8, 4) is 0 Å². The molecule has 0 aromatic heterocycles. The monoisotopic (exact) mass is 336 g/mol. The van der Waals surface area contributed by atoms with Gasteiger partial charge in [0.15, 0.2) is 0 Å². The first-order valence-electron chi connectivity index (χ1n) is 7.06. The Labute approximate surface area is 129 Å². The molecule has 0 bridgehead atoms. The summed E-state index contributed by atoms with van der Waals surface area (Å²) in [5.74, 6) is 0. The second-order valence-electron chi connectivity index (χ2n) is 6.12. The fourth-order valence-electron chi connectivity index (χ4n) is 3.45. The molecule has 3 rings (SSSR count). The standard InChI is InChI=1S/C16H21BrN2O/c1-11(2)6-8-19-14-5-4-12(17)10-13(14)16(20)7-9-18(3)15(16)19/h4-6,10,15,20H,7-9H2,1-3H3/t15-,16-/m0/s1. The number of aliphatic hydroxyl groups is 1. The van der Waals surface area contributed by atoms with Crippen LogP contribution in [0.3, 0.4) is 0 Å². The fourth-order valence-corrected chi connectivity index (χ4v) is 3.81. The lowest BCUT2D eigenvalue weighted by Crippen LogP contribution is -2.48. The molecular weight excluding hydrogens is 316 g/mol. The number of likely N-dealkylation sites (tertiary alicyclic amines) is 1. The first-order chi connectivity index (χ1) is 9.43. The molecule has 0 saturated carbocycles. The van der Waals surface area contributed by atoms with Crippen LogP contribution in [-0.2, 0) is 5.60 Å². The predicted octanol–water partition coefficient (Wildman–Crippen LogP) is 3.08. The molecule has 0 aliphatic carbocycles. The second kappa shape index (κ2) is 4.86. The Kier molecular flexibility index (Phi) is 3.43. The Hall–Kier alpha value is -0.840. The van der Waals surface area contributed by atoms with Gasteiger partial charge in [-0.3, -0.25) is 4.90 Å². The quantitative estimate of drug-likeness (QED) is 0.840. The first-order valence-corrected chi connectivity index (χ1v) is 7.85. The zero-order valence-corrected chi connectivity index (χ0v) is 13.8. The molecule has 4 heteroatoms. The minimum atomic E-state index is -0.747. The SMILES string of the molecule is CC(C)=CCN1c2ccc(Br)cc2[C@@]2(O)CCN(C)[C@@H]12. The normalized spacial score (nSPS) is 28.4. The maximum atomic E-state index is 11.2. The Morgan fingerprint density at radius 2 is 2.25 bits per heavy atom. The van der Waals surface area contributed by atoms with Crippen molar-refractivity contribution in [2.75, 3.05) is 25.0 Å². The average molecular weight is 337 g/mol. The Morgan fingerprint density at radius 3 is 2.95 bits per heavy atom. The number of likely N-dealkylation sites (N-methyl/N-ethyl adjacent to an activating group) is 1. The van der Waals surface area contributed by atoms with E-state index < -0.39 is 5.60 Å². The molecule has 0 unspecified atom stereocenters. The Morgan fingerprint density at radius 1 is 1.50 bits per heavy atom. The molecule has 1 fully saturated rings. The van der Waals surface area contributed by atoms with Gasteiger partial charge in [-0.1, -0.05) is 27.6 Å². The summed E-state index contributed by atoms with van der Waals surface area (Å²) in [5.41, 5.74) is 2.77. The van der Waals surface area contributed by atoms with Gasteiger partial charge in [0.1, 0.15) is 11.8 Å². The van der Waals surface area contributed by atoms with Crippen LogP contribution in [0, 0.1) is 0 Å². The van der Waals surface area contributed by atoms with Gasteiger partial charge in [0.05, 0.1) is 0 Å². The molecule has 2 heterocycles. The van der Waals surface area contributed by atoms with Gasteiger partial charge in [-0.25, -0.2) is 0 Å². The van der Waals surface area contributed by atoms with E-state index in [0.29, 0.717) is 0 Å². The van der Waals surface area contributed by atoms with Crippen LogP contribution >= 0.6 is 15.9 Å². The largest absolute Gasteiger partial charge is 0.381 e. The summed E-state index contributed by atoms with van der Waals surface area (Å²) in [6.45, 7) is 6.00. The number of benzene rings is 1. The molecule has 0 amide bonds. The molecule has 1 saturated heterocycles. The molecule has 1 N–H and O–H groups in total. The summed E-state index contributed by atoms with van der Waals surface area (Å²) >= 11 is 3.53. The zero-order chi connectivity index (χ0) is 14.5. The van der Waals surface area contributed by atoms with Crippen molar-refractivity contribution in [3.63, 3.8) is 0 Å². The van der Waals surface area contributed by atoms with Gasteiger partial charge < -0.3 is 10.0 Å². The minimum Gasteiger partial charge on any atom is -0.381 e. The summed E-state index contributed by atoms with van der Waals surface area (Å²) < 4.78 is 1.03. The lowest BCUT2D eigenvalue weighted by Gasteiger charge is -2.33. The molecule has 2 atom stereocenters. The summed E-state index contributed by atoms with van der Waals surface area (Å²) in [7, 11) is 2.10. The van der Waals surface area contributed by atoms with Crippen molar-refractivity contribution >= 4 is 21.6 Å². The molecule has 1 aromatic rings. The van der Waals surface area contributed by atoms with Crippen molar-refractivity contribution in [2.45, 2.75) is 32.0 Å². The Balaban J connectivity index is 2.08. The first kappa shape index (κ1) is 14.1. The molecule has 2 aliphatic rings. The number of fused-ring (bicyclic) bond motifs is 3. The molecule has 3 nitrogen and oxygen atoms in total. The van der Waals surface area contributed by atoms with E-state index in [1.54, 1.807) is 0 Å². The smallest absolute Gasteiger partial charge is 0.127 e. The van der Waals surface area contributed by atoms with E-state index in [0.717, 1.165) is 35.2 Å². The van der Waals surface area contributed by atoms with Gasteiger partial charge in [0.2, 0.25) is 0 Å². The van der Waals surface area contributed by atoms with Crippen LogP contribution in [0.5, 0.6) is 0 Å². The van der Waals surface area contributed by atoms with Crippen molar-refractivity contribution in [2.24, 2.45) is 0 Å². The predicted molar refractivity (Wildman–Crippen MR) is 85.9 cm³/mol. The number of hydrogen-bond donors (Lipinski definition) is 1. The molecule has 0 spiro atoms. The van der Waals surface area contributed by atoms with E-state index in [4.69, 9.17) is 0 Å². The zero-order valence-electron chi connectivity index (χ0n) is 12.2. The van der Waals surface area contributed by atoms with Gasteiger partial charge in [-0.15, -0.1) is 0 Å². The summed E-state index contributed by atoms with van der Waals surface area (Å²) in [6, 6.07) is 6.24. The van der Waals surface area contributed by atoms with Crippen molar-refractivity contribution < 1.29 is 5.11 Å². The average Bonchev–Trinajstić information content (AvgIpc) is 2.81. The maximum Gasteiger partial charge on any atom is 0.127 e. The van der Waals surface area contributed by atoms with Crippen molar-refractivity contribution in [3.05, 3.63) is 39.9 Å². The fraction of sp³-hybridized carbons (Fsp3) is 0.500. The molecular formula is C16H21BrN2O. The third-order valence-corrected chi connectivity index (χ3v) is 4.91. The van der Waals surface area contributed by atoms with Crippen LogP contribution in [0.1, 0.15) is 25.8 Å². The maximum absolute atomic E-state index is 11.2. The topological polar surface area (TPSA) is 26.7 Å². The van der Waals surface area contributed by atoms with E-state index in [9.17, 15) is 5.11 Å². The number of rotatable bonds is 2. The van der Waals surface area contributed by atoms with Crippen LogP contribution in [0.25, 0.3) is 0 Å². The number of nitrogens with zero attached hydrogens (tertiary/aromatic N) is 2. The number of allylic oxidation sites excluding steroid dienone is 1. The molecule has 2 aliphatic heterocycles. The van der Waals surface area contributed by atoms with Gasteiger partial charge >= 0.3 is 0 Å². The van der Waals surface area contributed by atoms with Crippen LogP contribution in [-0.4, -0.2) is 36.3 Å². The molecule has 108 valence electrons. The highest BCUT2D eigenvalue weighted by atomic mass is 79.9. The van der Waals surface area contributed by atoms with Gasteiger partial charge in [-0.05, 0) is 45.5 Å². The molecule has 20 heavy (non-hydrogen) atoms. The van der Waals surface area contributed by atoms with Gasteiger partial charge in [0, 0.05) is 28.8 Å². The van der Waals surface area contributed by atoms with Crippen molar-refractivity contribution in [1.29, 1.82) is 0 Å². The Bertz CT molecular complexity index is 568. The lowest BCUT2D eigenvalue weighted by atomic mass is 9.93. The van der Waals surface area contributed by atoms with Crippen LogP contribution in [0.4, 0.5) is 5.69 Å². The summed E-state index contributed by atoms with van der Waals surface area (Å²) in [5, 5.41) is 11.2. The third-order valence-electron chi connectivity index (χ3n) is 4.42. The number of hydrogen-bond acceptors (Lipinski definition) is 3. The van der Waals surface area contributed by atoms with E-state index >= 15 is 0 Å². The minimum absolute atomic E-state index is 0.0439. The summed E-state index contributed by atoms with van der Waals surface area (Å²) in [4.78, 5) is 4.58. The van der Waals surface area contributed by atoms with Crippen molar-refractivity contribution in [1.82, 2.24) is 4.90 Å². The molecule has 1 aromatic carbocycles. The van der Waals surface area contributed by atoms with Crippen LogP contribution < -0.4 is 4.90 Å². The van der Waals surface area contributed by atoms with Gasteiger partial charge in [-0.2, -0.15) is 0 Å². The number of anilines is 1. The van der Waals surface area contributed by atoms with E-state index in [1.807, 2.05) is 0 Å². The highest BCUT2D eigenvalue weighted by Crippen LogP contribution is 2.50. The van der Waals surface area contributed by atoms with Crippen LogP contribution in [0.15, 0.2) is 34.3 Å². The number of halogens is 1. The summed E-state index contributed by atoms with van der Waals surface area (Å²) in [6.07, 6.45) is 3.06. The third kappa shape index (κ3) is 2.01. The lowest BCUT2D eigenvalue weighted by molar-refractivity contribution is 0.0153. The van der Waals surface area contributed by atoms with E-state index in [1.165, 1.54) is 5.57 Å². The van der Waals surface area contributed by atoms with E-state index in [2.05, 4.69) is 70.9 Å². The highest BCUT2D eigenvalue weighted by Gasteiger charge is 2.55. The molecule has 0 radical (unpaired) electrons. The highest BCUT2D eigenvalue weighted by molar-refractivity contribution is 9.10. The van der Waals surface area contributed by atoms with Gasteiger partial charge in [0.25, 0.3) is 0 Å². The van der Waals surface area contributed by atoms with Crippen LogP contribution in [0.2, 0.25) is 0 Å². The second-order valence-corrected chi connectivity index (χ2v) is 7.04.